The van der Waals surface area contributed by atoms with Gasteiger partial charge in [-0.25, -0.2) is 0 Å². The number of hydrogen-bond donors (Lipinski definition) is 0. The fraction of sp³-hybridized carbons (Fsp3) is 0.235. The summed E-state index contributed by atoms with van der Waals surface area (Å²) in [7, 11) is 0. The van der Waals surface area contributed by atoms with Crippen molar-refractivity contribution >= 4 is 17.6 Å². The van der Waals surface area contributed by atoms with Crippen molar-refractivity contribution in [2.75, 3.05) is 6.61 Å². The smallest absolute Gasteiger partial charge is 0.269 e. The van der Waals surface area contributed by atoms with Crippen LogP contribution < -0.4 is 4.74 Å². The maximum absolute atomic E-state index is 10.6. The Labute approximate surface area is 129 Å². The molecule has 0 aliphatic rings. The molecule has 5 heteroatoms. The van der Waals surface area contributed by atoms with Gasteiger partial charge in [0.05, 0.1) is 17.2 Å². The van der Waals surface area contributed by atoms with Crippen LogP contribution in [0.15, 0.2) is 53.5 Å². The molecule has 0 bridgehead atoms. The molecule has 0 unspecified atom stereocenters. The summed E-state index contributed by atoms with van der Waals surface area (Å²) >= 11 is 0. The zero-order chi connectivity index (χ0) is 15.8. The average molecular weight is 298 g/mol. The van der Waals surface area contributed by atoms with Crippen molar-refractivity contribution in [3.8, 4) is 5.75 Å². The largest absolute Gasteiger partial charge is 0.494 e. The molecule has 0 fully saturated rings. The molecular formula is C17H18N2O3. The molecule has 0 aliphatic carbocycles. The molecule has 0 amide bonds. The molecule has 0 atom stereocenters. The lowest BCUT2D eigenvalue weighted by atomic mass is 10.2. The molecule has 22 heavy (non-hydrogen) atoms. The van der Waals surface area contributed by atoms with Crippen molar-refractivity contribution in [3.05, 3.63) is 64.2 Å². The Hall–Kier alpha value is -2.69. The maximum atomic E-state index is 10.6. The van der Waals surface area contributed by atoms with Gasteiger partial charge in [-0.2, -0.15) is 0 Å². The first kappa shape index (κ1) is 15.7. The molecule has 0 N–H and O–H groups in total. The minimum atomic E-state index is -0.418. The predicted octanol–water partition coefficient (Wildman–Crippen LogP) is 4.52. The van der Waals surface area contributed by atoms with E-state index >= 15 is 0 Å². The molecule has 114 valence electrons. The summed E-state index contributed by atoms with van der Waals surface area (Å²) in [5.74, 6) is 0.836. The second-order valence-corrected chi connectivity index (χ2v) is 4.80. The van der Waals surface area contributed by atoms with Crippen LogP contribution >= 0.6 is 0 Å². The van der Waals surface area contributed by atoms with Crippen LogP contribution in [0.1, 0.15) is 25.3 Å². The molecule has 2 rings (SSSR count). The number of unbranched alkanes of at least 4 members (excludes halogenated alkanes) is 1. The van der Waals surface area contributed by atoms with Crippen LogP contribution in [0, 0.1) is 10.1 Å². The Morgan fingerprint density at radius 1 is 1.14 bits per heavy atom. The quantitative estimate of drug-likeness (QED) is 0.326. The zero-order valence-corrected chi connectivity index (χ0v) is 12.4. The Morgan fingerprint density at radius 3 is 2.41 bits per heavy atom. The molecule has 5 nitrogen and oxygen atoms in total. The highest BCUT2D eigenvalue weighted by molar-refractivity contribution is 5.82. The summed E-state index contributed by atoms with van der Waals surface area (Å²) in [6.45, 7) is 2.85. The number of non-ortho nitro benzene ring substituents is 1. The molecule has 2 aromatic rings. The van der Waals surface area contributed by atoms with E-state index in [0.717, 1.165) is 36.4 Å². The lowest BCUT2D eigenvalue weighted by Gasteiger charge is -2.04. The maximum Gasteiger partial charge on any atom is 0.269 e. The van der Waals surface area contributed by atoms with E-state index in [-0.39, 0.29) is 5.69 Å². The first-order valence-electron chi connectivity index (χ1n) is 7.20. The van der Waals surface area contributed by atoms with E-state index in [4.69, 9.17) is 4.74 Å². The Balaban J connectivity index is 1.96. The highest BCUT2D eigenvalue weighted by Gasteiger charge is 2.02. The van der Waals surface area contributed by atoms with Gasteiger partial charge >= 0.3 is 0 Å². The lowest BCUT2D eigenvalue weighted by molar-refractivity contribution is -0.384. The molecule has 0 saturated carbocycles. The Kier molecular flexibility index (Phi) is 5.65. The summed E-state index contributed by atoms with van der Waals surface area (Å²) in [6, 6.07) is 13.8. The van der Waals surface area contributed by atoms with Crippen LogP contribution in [0.3, 0.4) is 0 Å². The average Bonchev–Trinajstić information content (AvgIpc) is 2.55. The summed E-state index contributed by atoms with van der Waals surface area (Å²) in [5, 5.41) is 10.6. The number of ether oxygens (including phenoxy) is 1. The molecule has 0 heterocycles. The monoisotopic (exact) mass is 298 g/mol. The summed E-state index contributed by atoms with van der Waals surface area (Å²) in [5.41, 5.74) is 1.70. The number of aliphatic imine (C=N–C) groups is 1. The number of hydrogen-bond acceptors (Lipinski definition) is 4. The highest BCUT2D eigenvalue weighted by Crippen LogP contribution is 2.18. The molecule has 0 spiro atoms. The SMILES string of the molecule is CCCCOc1ccc(N=Cc2ccc([N+](=O)[O-])cc2)cc1. The second-order valence-electron chi connectivity index (χ2n) is 4.80. The van der Waals surface area contributed by atoms with Crippen LogP contribution in [-0.4, -0.2) is 17.7 Å². The fourth-order valence-electron chi connectivity index (χ4n) is 1.79. The fourth-order valence-corrected chi connectivity index (χ4v) is 1.79. The minimum Gasteiger partial charge on any atom is -0.494 e. The van der Waals surface area contributed by atoms with E-state index in [1.807, 2.05) is 24.3 Å². The standard InChI is InChI=1S/C17H18N2O3/c1-2-3-12-22-17-10-6-15(7-11-17)18-13-14-4-8-16(9-5-14)19(20)21/h4-11,13H,2-3,12H2,1H3. The third kappa shape index (κ3) is 4.70. The number of nitro benzene ring substituents is 1. The van der Waals surface area contributed by atoms with Crippen LogP contribution in [0.2, 0.25) is 0 Å². The summed E-state index contributed by atoms with van der Waals surface area (Å²) in [4.78, 5) is 14.5. The molecule has 0 aromatic heterocycles. The van der Waals surface area contributed by atoms with Gasteiger partial charge in [0.2, 0.25) is 0 Å². The lowest BCUT2D eigenvalue weighted by Crippen LogP contribution is -1.95. The minimum absolute atomic E-state index is 0.0748. The third-order valence-electron chi connectivity index (χ3n) is 3.07. The van der Waals surface area contributed by atoms with E-state index in [1.165, 1.54) is 12.1 Å². The van der Waals surface area contributed by atoms with Crippen LogP contribution in [0.4, 0.5) is 11.4 Å². The van der Waals surface area contributed by atoms with Gasteiger partial charge in [-0.3, -0.25) is 15.1 Å². The van der Waals surface area contributed by atoms with Crippen molar-refractivity contribution in [2.45, 2.75) is 19.8 Å². The predicted molar refractivity (Wildman–Crippen MR) is 87.2 cm³/mol. The topological polar surface area (TPSA) is 64.7 Å². The number of nitrogens with zero attached hydrogens (tertiary/aromatic N) is 2. The molecule has 2 aromatic carbocycles. The van der Waals surface area contributed by atoms with E-state index < -0.39 is 4.92 Å². The van der Waals surface area contributed by atoms with Gasteiger partial charge in [-0.05, 0) is 48.4 Å². The molecule has 0 saturated heterocycles. The molecular weight excluding hydrogens is 280 g/mol. The van der Waals surface area contributed by atoms with Crippen molar-refractivity contribution in [1.82, 2.24) is 0 Å². The second kappa shape index (κ2) is 7.93. The zero-order valence-electron chi connectivity index (χ0n) is 12.4. The Morgan fingerprint density at radius 2 is 1.82 bits per heavy atom. The molecule has 0 aliphatic heterocycles. The Bertz CT molecular complexity index is 634. The van der Waals surface area contributed by atoms with Crippen molar-refractivity contribution < 1.29 is 9.66 Å². The number of nitro groups is 1. The van der Waals surface area contributed by atoms with E-state index in [1.54, 1.807) is 18.3 Å². The van der Waals surface area contributed by atoms with Crippen molar-refractivity contribution in [1.29, 1.82) is 0 Å². The van der Waals surface area contributed by atoms with Gasteiger partial charge in [-0.1, -0.05) is 13.3 Å². The first-order chi connectivity index (χ1) is 10.7. The first-order valence-corrected chi connectivity index (χ1v) is 7.20. The van der Waals surface area contributed by atoms with Crippen molar-refractivity contribution in [3.63, 3.8) is 0 Å². The number of benzene rings is 2. The summed E-state index contributed by atoms with van der Waals surface area (Å²) in [6.07, 6.45) is 3.83. The van der Waals surface area contributed by atoms with Gasteiger partial charge in [0.1, 0.15) is 5.75 Å². The summed E-state index contributed by atoms with van der Waals surface area (Å²) < 4.78 is 5.58. The van der Waals surface area contributed by atoms with E-state index in [9.17, 15) is 10.1 Å². The number of rotatable bonds is 7. The normalized spacial score (nSPS) is 10.8. The van der Waals surface area contributed by atoms with Crippen molar-refractivity contribution in [2.24, 2.45) is 4.99 Å². The third-order valence-corrected chi connectivity index (χ3v) is 3.07. The van der Waals surface area contributed by atoms with Gasteiger partial charge in [0, 0.05) is 18.3 Å². The van der Waals surface area contributed by atoms with Gasteiger partial charge in [-0.15, -0.1) is 0 Å². The van der Waals surface area contributed by atoms with E-state index in [0.29, 0.717) is 0 Å². The highest BCUT2D eigenvalue weighted by atomic mass is 16.6. The van der Waals surface area contributed by atoms with E-state index in [2.05, 4.69) is 11.9 Å². The van der Waals surface area contributed by atoms with Crippen LogP contribution in [0.5, 0.6) is 5.75 Å². The van der Waals surface area contributed by atoms with Crippen LogP contribution in [0.25, 0.3) is 0 Å². The van der Waals surface area contributed by atoms with Gasteiger partial charge in [0.25, 0.3) is 5.69 Å². The molecule has 0 radical (unpaired) electrons. The van der Waals surface area contributed by atoms with Gasteiger partial charge < -0.3 is 4.74 Å². The van der Waals surface area contributed by atoms with Gasteiger partial charge in [0.15, 0.2) is 0 Å². The van der Waals surface area contributed by atoms with Crippen LogP contribution in [-0.2, 0) is 0 Å².